The first-order valence-electron chi connectivity index (χ1n) is 8.18. The van der Waals surface area contributed by atoms with E-state index in [-0.39, 0.29) is 12.4 Å². The second-order valence-electron chi connectivity index (χ2n) is 6.60. The van der Waals surface area contributed by atoms with Gasteiger partial charge in [-0.3, -0.25) is 4.68 Å². The molecular formula is C15H13F3N8O2S. The molecule has 4 rings (SSSR count). The molecule has 14 heteroatoms. The second-order valence-corrected chi connectivity index (χ2v) is 8.53. The van der Waals surface area contributed by atoms with Gasteiger partial charge in [0.15, 0.2) is 5.65 Å². The summed E-state index contributed by atoms with van der Waals surface area (Å²) in [5.74, 6) is 0.0674. The normalized spacial score (nSPS) is 17.2. The highest BCUT2D eigenvalue weighted by molar-refractivity contribution is 7.90. The van der Waals surface area contributed by atoms with Crippen molar-refractivity contribution in [1.82, 2.24) is 28.7 Å². The zero-order valence-electron chi connectivity index (χ0n) is 14.6. The Kier molecular flexibility index (Phi) is 4.07. The minimum Gasteiger partial charge on any atom is -0.366 e. The highest BCUT2D eigenvalue weighted by Crippen LogP contribution is 2.39. The molecule has 1 aliphatic heterocycles. The van der Waals surface area contributed by atoms with Gasteiger partial charge in [0.2, 0.25) is 5.95 Å². The van der Waals surface area contributed by atoms with Gasteiger partial charge in [0.1, 0.15) is 5.54 Å². The predicted molar refractivity (Wildman–Crippen MR) is 93.4 cm³/mol. The van der Waals surface area contributed by atoms with Crippen LogP contribution in [0, 0.1) is 11.3 Å². The van der Waals surface area contributed by atoms with E-state index in [4.69, 9.17) is 11.0 Å². The van der Waals surface area contributed by atoms with Gasteiger partial charge >= 0.3 is 15.5 Å². The minimum absolute atomic E-state index is 0.0674. The maximum absolute atomic E-state index is 12.8. The number of halogens is 3. The maximum Gasteiger partial charge on any atom is 0.511 e. The number of hydrogen-bond donors (Lipinski definition) is 1. The molecule has 29 heavy (non-hydrogen) atoms. The first-order valence-corrected chi connectivity index (χ1v) is 9.62. The molecule has 0 saturated carbocycles. The van der Waals surface area contributed by atoms with Crippen LogP contribution in [0.4, 0.5) is 19.1 Å². The van der Waals surface area contributed by atoms with E-state index < -0.39 is 34.2 Å². The molecule has 1 saturated heterocycles. The van der Waals surface area contributed by atoms with Gasteiger partial charge in [-0.15, -0.1) is 5.10 Å². The highest BCUT2D eigenvalue weighted by Gasteiger charge is 2.59. The molecule has 0 atom stereocenters. The van der Waals surface area contributed by atoms with Crippen LogP contribution in [0.5, 0.6) is 0 Å². The van der Waals surface area contributed by atoms with Crippen molar-refractivity contribution in [3.05, 3.63) is 30.6 Å². The van der Waals surface area contributed by atoms with Crippen molar-refractivity contribution in [2.45, 2.75) is 17.5 Å². The predicted octanol–water partition coefficient (Wildman–Crippen LogP) is 0.949. The molecule has 2 N–H and O–H groups in total. The number of alkyl halides is 3. The number of rotatable bonds is 4. The first-order chi connectivity index (χ1) is 13.6. The number of nitrogens with two attached hydrogens (primary N) is 1. The van der Waals surface area contributed by atoms with Crippen LogP contribution in [0.25, 0.3) is 16.9 Å². The van der Waals surface area contributed by atoms with Crippen LogP contribution in [-0.4, -0.2) is 55.7 Å². The Morgan fingerprint density at radius 3 is 2.69 bits per heavy atom. The van der Waals surface area contributed by atoms with Gasteiger partial charge in [-0.2, -0.15) is 32.8 Å². The number of fused-ring (bicyclic) bond motifs is 1. The molecule has 1 fully saturated rings. The van der Waals surface area contributed by atoms with Gasteiger partial charge in [0.25, 0.3) is 0 Å². The Morgan fingerprint density at radius 1 is 1.31 bits per heavy atom. The summed E-state index contributed by atoms with van der Waals surface area (Å²) < 4.78 is 64.6. The average Bonchev–Trinajstić information content (AvgIpc) is 3.22. The molecule has 10 nitrogen and oxygen atoms in total. The molecule has 0 amide bonds. The number of nitrogen functional groups attached to an aromatic ring is 1. The summed E-state index contributed by atoms with van der Waals surface area (Å²) in [6.45, 7) is -1.02. The van der Waals surface area contributed by atoms with E-state index in [2.05, 4.69) is 15.2 Å². The number of nitriles is 1. The highest BCUT2D eigenvalue weighted by atomic mass is 32.2. The van der Waals surface area contributed by atoms with Gasteiger partial charge in [0.05, 0.1) is 24.4 Å². The van der Waals surface area contributed by atoms with Gasteiger partial charge in [-0.25, -0.2) is 12.9 Å². The number of sulfonamides is 1. The van der Waals surface area contributed by atoms with E-state index in [1.165, 1.54) is 21.6 Å². The van der Waals surface area contributed by atoms with E-state index in [0.717, 1.165) is 0 Å². The first kappa shape index (κ1) is 19.2. The number of hydrogen-bond acceptors (Lipinski definition) is 7. The lowest BCUT2D eigenvalue weighted by molar-refractivity contribution is -0.0565. The summed E-state index contributed by atoms with van der Waals surface area (Å²) in [4.78, 5) is 4.05. The summed E-state index contributed by atoms with van der Waals surface area (Å²) in [6.07, 6.45) is 2.77. The molecule has 152 valence electrons. The quantitative estimate of drug-likeness (QED) is 0.656. The zero-order chi connectivity index (χ0) is 21.0. The zero-order valence-corrected chi connectivity index (χ0v) is 15.4. The Labute approximate surface area is 162 Å². The summed E-state index contributed by atoms with van der Waals surface area (Å²) >= 11 is 0. The number of aromatic nitrogens is 5. The molecule has 3 aromatic rings. The lowest BCUT2D eigenvalue weighted by atomic mass is 9.89. The molecule has 0 radical (unpaired) electrons. The van der Waals surface area contributed by atoms with Crippen LogP contribution >= 0.6 is 0 Å². The lowest BCUT2D eigenvalue weighted by Crippen LogP contribution is -2.65. The van der Waals surface area contributed by atoms with Crippen molar-refractivity contribution in [2.75, 3.05) is 18.8 Å². The number of pyridine rings is 1. The fourth-order valence-corrected chi connectivity index (χ4v) is 4.38. The minimum atomic E-state index is -5.46. The molecule has 0 aromatic carbocycles. The summed E-state index contributed by atoms with van der Waals surface area (Å²) in [6, 6.07) is 7.04. The monoisotopic (exact) mass is 426 g/mol. The summed E-state index contributed by atoms with van der Waals surface area (Å²) in [7, 11) is -5.46. The van der Waals surface area contributed by atoms with Crippen molar-refractivity contribution >= 4 is 21.6 Å². The van der Waals surface area contributed by atoms with Crippen LogP contribution in [0.3, 0.4) is 0 Å². The molecule has 0 unspecified atom stereocenters. The molecule has 0 aliphatic carbocycles. The molecule has 0 spiro atoms. The molecule has 0 bridgehead atoms. The molecular weight excluding hydrogens is 413 g/mol. The van der Waals surface area contributed by atoms with Gasteiger partial charge in [-0.1, -0.05) is 6.07 Å². The Morgan fingerprint density at radius 2 is 2.03 bits per heavy atom. The SMILES string of the molecule is N#CCC1(n2cc(-c3cccc4nc(N)nn34)cn2)CN(S(=O)(=O)C(F)(F)F)C1. The molecule has 4 heterocycles. The molecule has 3 aromatic heterocycles. The fourth-order valence-electron chi connectivity index (χ4n) is 3.27. The van der Waals surface area contributed by atoms with Crippen LogP contribution < -0.4 is 5.73 Å². The van der Waals surface area contributed by atoms with E-state index in [1.54, 1.807) is 18.2 Å². The molecule has 1 aliphatic rings. The van der Waals surface area contributed by atoms with Gasteiger partial charge < -0.3 is 5.73 Å². The van der Waals surface area contributed by atoms with Crippen molar-refractivity contribution in [2.24, 2.45) is 0 Å². The van der Waals surface area contributed by atoms with Crippen molar-refractivity contribution in [1.29, 1.82) is 5.26 Å². The van der Waals surface area contributed by atoms with E-state index in [0.29, 0.717) is 21.2 Å². The third-order valence-electron chi connectivity index (χ3n) is 4.72. The number of nitrogens with zero attached hydrogens (tertiary/aromatic N) is 7. The Hall–Kier alpha value is -3.18. The van der Waals surface area contributed by atoms with Crippen LogP contribution in [-0.2, 0) is 15.6 Å². The van der Waals surface area contributed by atoms with Gasteiger partial charge in [0, 0.05) is 24.8 Å². The van der Waals surface area contributed by atoms with Crippen LogP contribution in [0.15, 0.2) is 30.6 Å². The van der Waals surface area contributed by atoms with E-state index in [9.17, 15) is 21.6 Å². The Balaban J connectivity index is 1.68. The average molecular weight is 426 g/mol. The largest absolute Gasteiger partial charge is 0.511 e. The van der Waals surface area contributed by atoms with Crippen LogP contribution in [0.2, 0.25) is 0 Å². The van der Waals surface area contributed by atoms with Gasteiger partial charge in [-0.05, 0) is 12.1 Å². The second kappa shape index (κ2) is 6.16. The van der Waals surface area contributed by atoms with E-state index in [1.807, 2.05) is 6.07 Å². The third kappa shape index (κ3) is 2.89. The third-order valence-corrected chi connectivity index (χ3v) is 6.25. The standard InChI is InChI=1S/C15H13F3N8O2S/c16-15(17,18)29(27,28)24-8-14(9-24,4-5-19)25-7-10(6-21-25)11-2-1-3-12-22-13(20)23-26(11)12/h1-3,6-7H,4,8-9H2,(H2,20,23). The van der Waals surface area contributed by atoms with Crippen LogP contribution in [0.1, 0.15) is 6.42 Å². The van der Waals surface area contributed by atoms with Crippen molar-refractivity contribution in [3.63, 3.8) is 0 Å². The smallest absolute Gasteiger partial charge is 0.366 e. The maximum atomic E-state index is 12.8. The van der Waals surface area contributed by atoms with Crippen molar-refractivity contribution < 1.29 is 21.6 Å². The Bertz CT molecular complexity index is 1230. The lowest BCUT2D eigenvalue weighted by Gasteiger charge is -2.47. The topological polar surface area (TPSA) is 135 Å². The van der Waals surface area contributed by atoms with Crippen molar-refractivity contribution in [3.8, 4) is 17.3 Å². The fraction of sp³-hybridized carbons (Fsp3) is 0.333. The van der Waals surface area contributed by atoms with E-state index >= 15 is 0 Å². The summed E-state index contributed by atoms with van der Waals surface area (Å²) in [5, 5.41) is 17.4. The summed E-state index contributed by atoms with van der Waals surface area (Å²) in [5.41, 5.74) is 0.642. The number of anilines is 1.